The van der Waals surface area contributed by atoms with E-state index < -0.39 is 0 Å². The Morgan fingerprint density at radius 2 is 2.22 bits per heavy atom. The largest absolute Gasteiger partial charge is 0.368 e. The number of carbonyl (C=O) groups excluding carboxylic acids is 1. The molecule has 1 aliphatic rings. The summed E-state index contributed by atoms with van der Waals surface area (Å²) in [5, 5.41) is 6.17. The molecule has 1 atom stereocenters. The zero-order valence-electron chi connectivity index (χ0n) is 14.2. The van der Waals surface area contributed by atoms with Crippen molar-refractivity contribution < 1.29 is 9.53 Å². The van der Waals surface area contributed by atoms with E-state index in [4.69, 9.17) is 4.74 Å². The Kier molecular flexibility index (Phi) is 7.26. The Bertz CT molecular complexity index is 501. The molecule has 1 aliphatic heterocycles. The Morgan fingerprint density at radius 3 is 2.96 bits per heavy atom. The van der Waals surface area contributed by atoms with Crippen LogP contribution >= 0.6 is 0 Å². The molecule has 128 valence electrons. The van der Waals surface area contributed by atoms with Crippen molar-refractivity contribution in [3.8, 4) is 0 Å². The highest BCUT2D eigenvalue weighted by Crippen LogP contribution is 2.12. The molecular weight excluding hydrogens is 292 g/mol. The highest BCUT2D eigenvalue weighted by atomic mass is 16.5. The van der Waals surface area contributed by atoms with Gasteiger partial charge in [0.05, 0.1) is 0 Å². The van der Waals surface area contributed by atoms with Crippen LogP contribution in [0.1, 0.15) is 50.5 Å². The second-order valence-electron chi connectivity index (χ2n) is 5.99. The number of nitrogens with zero attached hydrogens (tertiary/aromatic N) is 2. The summed E-state index contributed by atoms with van der Waals surface area (Å²) in [5.41, 5.74) is 0.966. The molecule has 0 aliphatic carbocycles. The van der Waals surface area contributed by atoms with Crippen LogP contribution in [-0.4, -0.2) is 41.7 Å². The first-order chi connectivity index (χ1) is 11.2. The van der Waals surface area contributed by atoms with E-state index in [1.165, 1.54) is 0 Å². The Morgan fingerprint density at radius 1 is 1.35 bits per heavy atom. The number of rotatable bonds is 8. The van der Waals surface area contributed by atoms with Crippen molar-refractivity contribution in [1.29, 1.82) is 0 Å². The number of hydrogen-bond acceptors (Lipinski definition) is 5. The van der Waals surface area contributed by atoms with E-state index in [-0.39, 0.29) is 12.0 Å². The van der Waals surface area contributed by atoms with Gasteiger partial charge in [0.1, 0.15) is 17.7 Å². The van der Waals surface area contributed by atoms with Gasteiger partial charge in [-0.25, -0.2) is 9.97 Å². The number of ether oxygens (including phenoxy) is 1. The lowest BCUT2D eigenvalue weighted by atomic mass is 10.1. The van der Waals surface area contributed by atoms with Crippen LogP contribution in [0.4, 0.5) is 5.82 Å². The molecule has 1 fully saturated rings. The lowest BCUT2D eigenvalue weighted by Crippen LogP contribution is -2.40. The van der Waals surface area contributed by atoms with Gasteiger partial charge in [-0.2, -0.15) is 0 Å². The summed E-state index contributed by atoms with van der Waals surface area (Å²) in [6, 6.07) is 1.93. The molecule has 6 nitrogen and oxygen atoms in total. The minimum absolute atomic E-state index is 0.00555. The van der Waals surface area contributed by atoms with Gasteiger partial charge in [0.15, 0.2) is 0 Å². The predicted molar refractivity (Wildman–Crippen MR) is 90.5 cm³/mol. The number of nitrogens with one attached hydrogen (secondary N) is 2. The van der Waals surface area contributed by atoms with Gasteiger partial charge in [0.25, 0.3) is 0 Å². The van der Waals surface area contributed by atoms with Crippen LogP contribution in [0, 0.1) is 6.92 Å². The zero-order chi connectivity index (χ0) is 16.5. The molecule has 1 aromatic heterocycles. The number of hydrogen-bond donors (Lipinski definition) is 2. The van der Waals surface area contributed by atoms with Crippen molar-refractivity contribution in [3.63, 3.8) is 0 Å². The summed E-state index contributed by atoms with van der Waals surface area (Å²) in [7, 11) is 0. The van der Waals surface area contributed by atoms with Gasteiger partial charge in [-0.1, -0.05) is 13.3 Å². The summed E-state index contributed by atoms with van der Waals surface area (Å²) in [5.74, 6) is 1.70. The molecule has 1 unspecified atom stereocenters. The molecule has 0 radical (unpaired) electrons. The van der Waals surface area contributed by atoms with E-state index in [9.17, 15) is 4.79 Å². The standard InChI is InChI=1S/C17H28N4O2/c1-3-4-8-15-20-13(2)12-16(21-15)18-9-10-19-17(22)14-7-5-6-11-23-14/h12,14H,3-11H2,1-2H3,(H,19,22)(H,18,20,21). The van der Waals surface area contributed by atoms with Gasteiger partial charge in [0, 0.05) is 37.9 Å². The van der Waals surface area contributed by atoms with Crippen LogP contribution in [0.3, 0.4) is 0 Å². The zero-order valence-corrected chi connectivity index (χ0v) is 14.2. The van der Waals surface area contributed by atoms with Crippen LogP contribution in [0.2, 0.25) is 0 Å². The monoisotopic (exact) mass is 320 g/mol. The summed E-state index contributed by atoms with van der Waals surface area (Å²) in [4.78, 5) is 20.9. The van der Waals surface area contributed by atoms with Gasteiger partial charge >= 0.3 is 0 Å². The normalized spacial score (nSPS) is 17.7. The molecule has 0 aromatic carbocycles. The van der Waals surface area contributed by atoms with Crippen LogP contribution in [-0.2, 0) is 16.0 Å². The number of amides is 1. The molecule has 2 heterocycles. The number of anilines is 1. The van der Waals surface area contributed by atoms with Crippen molar-refractivity contribution in [2.45, 2.75) is 58.5 Å². The Labute approximate surface area is 138 Å². The number of carbonyl (C=O) groups is 1. The van der Waals surface area contributed by atoms with Crippen LogP contribution in [0.15, 0.2) is 6.07 Å². The average molecular weight is 320 g/mol. The van der Waals surface area contributed by atoms with E-state index in [1.807, 2.05) is 13.0 Å². The lowest BCUT2D eigenvalue weighted by molar-refractivity contribution is -0.135. The maximum Gasteiger partial charge on any atom is 0.249 e. The van der Waals surface area contributed by atoms with Gasteiger partial charge in [-0.05, 0) is 32.6 Å². The van der Waals surface area contributed by atoms with Crippen molar-refractivity contribution in [2.24, 2.45) is 0 Å². The molecule has 23 heavy (non-hydrogen) atoms. The molecule has 0 bridgehead atoms. The molecular formula is C17H28N4O2. The Hall–Kier alpha value is -1.69. The number of aryl methyl sites for hydroxylation is 2. The van der Waals surface area contributed by atoms with Crippen molar-refractivity contribution in [1.82, 2.24) is 15.3 Å². The summed E-state index contributed by atoms with van der Waals surface area (Å²) in [6.45, 7) is 6.03. The van der Waals surface area contributed by atoms with E-state index in [1.54, 1.807) is 0 Å². The number of aromatic nitrogens is 2. The van der Waals surface area contributed by atoms with Crippen molar-refractivity contribution in [3.05, 3.63) is 17.6 Å². The minimum atomic E-state index is -0.273. The SMILES string of the molecule is CCCCc1nc(C)cc(NCCNC(=O)C2CCCCO2)n1. The molecule has 6 heteroatoms. The van der Waals surface area contributed by atoms with Gasteiger partial charge in [-0.3, -0.25) is 4.79 Å². The van der Waals surface area contributed by atoms with Crippen LogP contribution < -0.4 is 10.6 Å². The molecule has 1 saturated heterocycles. The molecule has 2 rings (SSSR count). The van der Waals surface area contributed by atoms with Crippen LogP contribution in [0.5, 0.6) is 0 Å². The lowest BCUT2D eigenvalue weighted by Gasteiger charge is -2.21. The highest BCUT2D eigenvalue weighted by molar-refractivity contribution is 5.80. The quantitative estimate of drug-likeness (QED) is 0.718. The molecule has 2 N–H and O–H groups in total. The second-order valence-corrected chi connectivity index (χ2v) is 5.99. The van der Waals surface area contributed by atoms with E-state index in [2.05, 4.69) is 27.5 Å². The van der Waals surface area contributed by atoms with Gasteiger partial charge in [-0.15, -0.1) is 0 Å². The maximum atomic E-state index is 11.9. The summed E-state index contributed by atoms with van der Waals surface area (Å²) in [6.07, 6.45) is 5.81. The molecule has 1 amide bonds. The van der Waals surface area contributed by atoms with E-state index in [0.717, 1.165) is 55.9 Å². The summed E-state index contributed by atoms with van der Waals surface area (Å²) < 4.78 is 5.47. The smallest absolute Gasteiger partial charge is 0.249 e. The fraction of sp³-hybridized carbons (Fsp3) is 0.706. The highest BCUT2D eigenvalue weighted by Gasteiger charge is 2.21. The average Bonchev–Trinajstić information content (AvgIpc) is 2.57. The van der Waals surface area contributed by atoms with E-state index >= 15 is 0 Å². The fourth-order valence-electron chi connectivity index (χ4n) is 2.60. The third-order valence-corrected chi connectivity index (χ3v) is 3.86. The van der Waals surface area contributed by atoms with Gasteiger partial charge < -0.3 is 15.4 Å². The van der Waals surface area contributed by atoms with Crippen LogP contribution in [0.25, 0.3) is 0 Å². The first-order valence-corrected chi connectivity index (χ1v) is 8.66. The first-order valence-electron chi connectivity index (χ1n) is 8.66. The summed E-state index contributed by atoms with van der Waals surface area (Å²) >= 11 is 0. The predicted octanol–water partition coefficient (Wildman–Crippen LogP) is 2.22. The topological polar surface area (TPSA) is 76.1 Å². The molecule has 0 spiro atoms. The van der Waals surface area contributed by atoms with E-state index in [0.29, 0.717) is 19.7 Å². The second kappa shape index (κ2) is 9.45. The minimum Gasteiger partial charge on any atom is -0.368 e. The third-order valence-electron chi connectivity index (χ3n) is 3.86. The van der Waals surface area contributed by atoms with Crippen molar-refractivity contribution in [2.75, 3.05) is 25.0 Å². The third kappa shape index (κ3) is 6.14. The number of unbranched alkanes of at least 4 members (excludes halogenated alkanes) is 1. The van der Waals surface area contributed by atoms with Gasteiger partial charge in [0.2, 0.25) is 5.91 Å². The first kappa shape index (κ1) is 17.7. The molecule has 1 aromatic rings. The molecule has 0 saturated carbocycles. The Balaban J connectivity index is 1.72. The maximum absolute atomic E-state index is 11.9. The van der Waals surface area contributed by atoms with Crippen molar-refractivity contribution >= 4 is 11.7 Å². The fourth-order valence-corrected chi connectivity index (χ4v) is 2.60.